The average molecular weight is 169 g/mol. The Morgan fingerprint density at radius 3 is 2.67 bits per heavy atom. The highest BCUT2D eigenvalue weighted by Crippen LogP contribution is 1.94. The minimum absolute atomic E-state index is 0.0149. The quantitative estimate of drug-likeness (QED) is 0.496. The van der Waals surface area contributed by atoms with Gasteiger partial charge in [0.15, 0.2) is 0 Å². The van der Waals surface area contributed by atoms with Gasteiger partial charge in [0.1, 0.15) is 0 Å². The van der Waals surface area contributed by atoms with Crippen LogP contribution in [-0.2, 0) is 4.79 Å². The summed E-state index contributed by atoms with van der Waals surface area (Å²) in [5.74, 6) is 0.0149. The van der Waals surface area contributed by atoms with Gasteiger partial charge in [0.05, 0.1) is 0 Å². The number of carbonyl (C=O) groups excluding carboxylic acids is 1. The molecule has 0 aromatic carbocycles. The van der Waals surface area contributed by atoms with Crippen molar-refractivity contribution in [3.8, 4) is 0 Å². The summed E-state index contributed by atoms with van der Waals surface area (Å²) < 4.78 is 0. The molecule has 0 radical (unpaired) electrons. The summed E-state index contributed by atoms with van der Waals surface area (Å²) in [5, 5.41) is 2.79. The van der Waals surface area contributed by atoms with Crippen molar-refractivity contribution in [2.75, 3.05) is 0 Å². The van der Waals surface area contributed by atoms with Crippen molar-refractivity contribution in [3.63, 3.8) is 0 Å². The molecule has 0 spiro atoms. The molecule has 0 aliphatic rings. The van der Waals surface area contributed by atoms with Crippen molar-refractivity contribution in [3.05, 3.63) is 12.2 Å². The second-order valence-corrected chi connectivity index (χ2v) is 3.21. The fourth-order valence-electron chi connectivity index (χ4n) is 0.845. The van der Waals surface area contributed by atoms with Gasteiger partial charge in [-0.15, -0.1) is 0 Å². The van der Waals surface area contributed by atoms with E-state index in [9.17, 15) is 4.79 Å². The second kappa shape index (κ2) is 6.89. The number of unbranched alkanes of at least 4 members (excludes halogenated alkanes) is 2. The maximum absolute atomic E-state index is 11.0. The zero-order valence-electron chi connectivity index (χ0n) is 8.26. The Hall–Kier alpha value is -0.790. The zero-order chi connectivity index (χ0) is 9.40. The first-order valence-corrected chi connectivity index (χ1v) is 4.63. The van der Waals surface area contributed by atoms with Crippen molar-refractivity contribution in [1.29, 1.82) is 0 Å². The van der Waals surface area contributed by atoms with Crippen molar-refractivity contribution < 1.29 is 4.79 Å². The lowest BCUT2D eigenvalue weighted by atomic mass is 10.2. The van der Waals surface area contributed by atoms with Crippen LogP contribution in [0.15, 0.2) is 12.2 Å². The lowest BCUT2D eigenvalue weighted by molar-refractivity contribution is -0.116. The van der Waals surface area contributed by atoms with E-state index in [1.54, 1.807) is 6.08 Å². The van der Waals surface area contributed by atoms with Gasteiger partial charge in [-0.05, 0) is 26.3 Å². The van der Waals surface area contributed by atoms with E-state index in [4.69, 9.17) is 0 Å². The van der Waals surface area contributed by atoms with Crippen LogP contribution in [0, 0.1) is 0 Å². The molecule has 0 rings (SSSR count). The minimum Gasteiger partial charge on any atom is -0.350 e. The van der Waals surface area contributed by atoms with Crippen LogP contribution in [0.3, 0.4) is 0 Å². The van der Waals surface area contributed by atoms with Gasteiger partial charge in [0, 0.05) is 6.04 Å². The molecule has 0 bridgehead atoms. The molecule has 0 saturated carbocycles. The van der Waals surface area contributed by atoms with Crippen molar-refractivity contribution in [2.24, 2.45) is 0 Å². The summed E-state index contributed by atoms with van der Waals surface area (Å²) in [6.45, 7) is 6.05. The lowest BCUT2D eigenvalue weighted by Crippen LogP contribution is -2.28. The maximum atomic E-state index is 11.0. The predicted octanol–water partition coefficient (Wildman–Crippen LogP) is 2.26. The topological polar surface area (TPSA) is 29.1 Å². The van der Waals surface area contributed by atoms with Gasteiger partial charge >= 0.3 is 0 Å². The van der Waals surface area contributed by atoms with E-state index in [0.29, 0.717) is 0 Å². The fourth-order valence-corrected chi connectivity index (χ4v) is 0.845. The first-order valence-electron chi connectivity index (χ1n) is 4.63. The van der Waals surface area contributed by atoms with Crippen LogP contribution in [0.4, 0.5) is 0 Å². The molecule has 0 atom stereocenters. The zero-order valence-corrected chi connectivity index (χ0v) is 8.26. The van der Waals surface area contributed by atoms with Crippen LogP contribution >= 0.6 is 0 Å². The number of carbonyl (C=O) groups is 1. The second-order valence-electron chi connectivity index (χ2n) is 3.21. The Bertz CT molecular complexity index is 150. The van der Waals surface area contributed by atoms with Gasteiger partial charge in [-0.2, -0.15) is 0 Å². The van der Waals surface area contributed by atoms with E-state index in [0.717, 1.165) is 12.8 Å². The van der Waals surface area contributed by atoms with Gasteiger partial charge in [0.25, 0.3) is 0 Å². The minimum atomic E-state index is 0.0149. The molecule has 0 aliphatic carbocycles. The smallest absolute Gasteiger partial charge is 0.243 e. The van der Waals surface area contributed by atoms with Crippen LogP contribution in [0.2, 0.25) is 0 Å². The highest BCUT2D eigenvalue weighted by atomic mass is 16.1. The third-order valence-corrected chi connectivity index (χ3v) is 1.42. The first-order chi connectivity index (χ1) is 5.66. The molecule has 0 aromatic heterocycles. The normalized spacial score (nSPS) is 11.0. The van der Waals surface area contributed by atoms with Crippen LogP contribution in [0.5, 0.6) is 0 Å². The SMILES string of the molecule is CCCCC=CC(=O)NC(C)C. The molecule has 0 aliphatic heterocycles. The Morgan fingerprint density at radius 1 is 1.50 bits per heavy atom. The van der Waals surface area contributed by atoms with Gasteiger partial charge in [-0.1, -0.05) is 25.8 Å². The van der Waals surface area contributed by atoms with Crippen molar-refractivity contribution in [2.45, 2.75) is 46.1 Å². The van der Waals surface area contributed by atoms with Crippen LogP contribution in [0.25, 0.3) is 0 Å². The van der Waals surface area contributed by atoms with Gasteiger partial charge in [0.2, 0.25) is 5.91 Å². The highest BCUT2D eigenvalue weighted by Gasteiger charge is 1.95. The fraction of sp³-hybridized carbons (Fsp3) is 0.700. The van der Waals surface area contributed by atoms with Crippen LogP contribution in [-0.4, -0.2) is 11.9 Å². The Labute approximate surface area is 75.0 Å². The molecule has 70 valence electrons. The molecule has 12 heavy (non-hydrogen) atoms. The first kappa shape index (κ1) is 11.2. The van der Waals surface area contributed by atoms with E-state index in [2.05, 4.69) is 12.2 Å². The lowest BCUT2D eigenvalue weighted by Gasteiger charge is -2.03. The highest BCUT2D eigenvalue weighted by molar-refractivity contribution is 5.87. The van der Waals surface area contributed by atoms with E-state index < -0.39 is 0 Å². The summed E-state index contributed by atoms with van der Waals surface area (Å²) >= 11 is 0. The van der Waals surface area contributed by atoms with Gasteiger partial charge in [-0.25, -0.2) is 0 Å². The third-order valence-electron chi connectivity index (χ3n) is 1.42. The number of amides is 1. The standard InChI is InChI=1S/C10H19NO/c1-4-5-6-7-8-10(12)11-9(2)3/h7-9H,4-6H2,1-3H3,(H,11,12). The maximum Gasteiger partial charge on any atom is 0.243 e. The van der Waals surface area contributed by atoms with Gasteiger partial charge < -0.3 is 5.32 Å². The molecule has 0 fully saturated rings. The molecular formula is C10H19NO. The summed E-state index contributed by atoms with van der Waals surface area (Å²) in [7, 11) is 0. The molecule has 1 N–H and O–H groups in total. The van der Waals surface area contributed by atoms with Crippen molar-refractivity contribution >= 4 is 5.91 Å². The molecule has 0 heterocycles. The number of hydrogen-bond acceptors (Lipinski definition) is 1. The number of hydrogen-bond donors (Lipinski definition) is 1. The van der Waals surface area contributed by atoms with Gasteiger partial charge in [-0.3, -0.25) is 4.79 Å². The monoisotopic (exact) mass is 169 g/mol. The van der Waals surface area contributed by atoms with E-state index in [-0.39, 0.29) is 11.9 Å². The molecule has 0 aromatic rings. The molecule has 2 nitrogen and oxygen atoms in total. The number of rotatable bonds is 5. The summed E-state index contributed by atoms with van der Waals surface area (Å²) in [5.41, 5.74) is 0. The Kier molecular flexibility index (Phi) is 6.44. The van der Waals surface area contributed by atoms with E-state index in [1.165, 1.54) is 6.42 Å². The van der Waals surface area contributed by atoms with E-state index in [1.807, 2.05) is 19.9 Å². The number of nitrogens with one attached hydrogen (secondary N) is 1. The summed E-state index contributed by atoms with van der Waals surface area (Å²) in [6, 6.07) is 0.230. The molecule has 0 saturated heterocycles. The van der Waals surface area contributed by atoms with Crippen LogP contribution < -0.4 is 5.32 Å². The largest absolute Gasteiger partial charge is 0.350 e. The predicted molar refractivity (Wildman–Crippen MR) is 51.9 cm³/mol. The summed E-state index contributed by atoms with van der Waals surface area (Å²) in [6.07, 6.45) is 6.89. The Morgan fingerprint density at radius 2 is 2.17 bits per heavy atom. The average Bonchev–Trinajstić information content (AvgIpc) is 1.97. The van der Waals surface area contributed by atoms with E-state index >= 15 is 0 Å². The third kappa shape index (κ3) is 7.32. The molecule has 0 unspecified atom stereocenters. The molecule has 2 heteroatoms. The molecule has 1 amide bonds. The Balaban J connectivity index is 3.47. The molecular weight excluding hydrogens is 150 g/mol. The number of allylic oxidation sites excluding steroid dienone is 1. The summed E-state index contributed by atoms with van der Waals surface area (Å²) in [4.78, 5) is 11.0. The van der Waals surface area contributed by atoms with Crippen LogP contribution in [0.1, 0.15) is 40.0 Å². The van der Waals surface area contributed by atoms with Crippen molar-refractivity contribution in [1.82, 2.24) is 5.32 Å².